The molecule has 0 saturated carbocycles. The van der Waals surface area contributed by atoms with Crippen LogP contribution >= 0.6 is 11.8 Å². The second-order valence-electron chi connectivity index (χ2n) is 3.93. The summed E-state index contributed by atoms with van der Waals surface area (Å²) >= 11 is 1.81. The van der Waals surface area contributed by atoms with E-state index in [4.69, 9.17) is 5.11 Å². The number of aliphatic hydroxyl groups excluding tert-OH is 1. The largest absolute Gasteiger partial charge is 0.395 e. The van der Waals surface area contributed by atoms with Crippen molar-refractivity contribution in [3.05, 3.63) is 0 Å². The number of carbonyl (C=O) groups excluding carboxylic acids is 1. The third-order valence-electron chi connectivity index (χ3n) is 2.47. The molecule has 5 heteroatoms. The van der Waals surface area contributed by atoms with E-state index in [2.05, 4.69) is 5.32 Å². The number of nitrogens with one attached hydrogen (secondary N) is 1. The molecule has 1 amide bonds. The summed E-state index contributed by atoms with van der Waals surface area (Å²) in [6.07, 6.45) is 0. The Labute approximate surface area is 95.4 Å². The SMILES string of the molecule is CC(C)N(CCO)C(=O)C1CSCCN1. The Bertz CT molecular complexity index is 206. The van der Waals surface area contributed by atoms with Gasteiger partial charge in [0.25, 0.3) is 0 Å². The van der Waals surface area contributed by atoms with E-state index in [9.17, 15) is 4.79 Å². The van der Waals surface area contributed by atoms with Gasteiger partial charge in [-0.1, -0.05) is 0 Å². The first-order valence-corrected chi connectivity index (χ1v) is 6.54. The predicted molar refractivity (Wildman–Crippen MR) is 63.1 cm³/mol. The third kappa shape index (κ3) is 3.66. The zero-order valence-electron chi connectivity index (χ0n) is 9.40. The lowest BCUT2D eigenvalue weighted by atomic mass is 10.2. The first-order valence-electron chi connectivity index (χ1n) is 5.39. The van der Waals surface area contributed by atoms with Crippen LogP contribution in [-0.4, -0.2) is 59.2 Å². The lowest BCUT2D eigenvalue weighted by molar-refractivity contribution is -0.135. The predicted octanol–water partition coefficient (Wildman–Crippen LogP) is -0.0793. The van der Waals surface area contributed by atoms with Gasteiger partial charge < -0.3 is 15.3 Å². The first-order chi connectivity index (χ1) is 7.16. The molecule has 1 rings (SSSR count). The fourth-order valence-corrected chi connectivity index (χ4v) is 2.58. The van der Waals surface area contributed by atoms with Gasteiger partial charge in [0.15, 0.2) is 0 Å². The molecule has 1 aliphatic rings. The van der Waals surface area contributed by atoms with Crippen LogP contribution in [0.2, 0.25) is 0 Å². The average Bonchev–Trinajstić information content (AvgIpc) is 2.26. The molecular formula is C10H20N2O2S. The molecule has 0 bridgehead atoms. The summed E-state index contributed by atoms with van der Waals surface area (Å²) in [6, 6.07) is 0.0797. The van der Waals surface area contributed by atoms with Gasteiger partial charge in [0, 0.05) is 30.6 Å². The molecule has 15 heavy (non-hydrogen) atoms. The molecule has 0 radical (unpaired) electrons. The monoisotopic (exact) mass is 232 g/mol. The number of hydrogen-bond donors (Lipinski definition) is 2. The van der Waals surface area contributed by atoms with Crippen molar-refractivity contribution in [2.75, 3.05) is 31.2 Å². The minimum absolute atomic E-state index is 0.0315. The van der Waals surface area contributed by atoms with Gasteiger partial charge in [-0.05, 0) is 13.8 Å². The van der Waals surface area contributed by atoms with Crippen molar-refractivity contribution in [2.24, 2.45) is 0 Å². The summed E-state index contributed by atoms with van der Waals surface area (Å²) in [5.41, 5.74) is 0. The molecule has 0 aromatic rings. The first kappa shape index (κ1) is 12.8. The van der Waals surface area contributed by atoms with Crippen LogP contribution in [0.25, 0.3) is 0 Å². The highest BCUT2D eigenvalue weighted by molar-refractivity contribution is 7.99. The second-order valence-corrected chi connectivity index (χ2v) is 5.08. The molecule has 0 spiro atoms. The number of nitrogens with zero attached hydrogens (tertiary/aromatic N) is 1. The maximum Gasteiger partial charge on any atom is 0.240 e. The van der Waals surface area contributed by atoms with Gasteiger partial charge in [-0.3, -0.25) is 4.79 Å². The van der Waals surface area contributed by atoms with E-state index in [1.807, 2.05) is 13.8 Å². The van der Waals surface area contributed by atoms with Gasteiger partial charge in [-0.15, -0.1) is 0 Å². The van der Waals surface area contributed by atoms with Crippen LogP contribution in [0.1, 0.15) is 13.8 Å². The van der Waals surface area contributed by atoms with Crippen LogP contribution in [0.15, 0.2) is 0 Å². The molecule has 1 saturated heterocycles. The molecule has 0 aromatic heterocycles. The highest BCUT2D eigenvalue weighted by atomic mass is 32.2. The number of hydrogen-bond acceptors (Lipinski definition) is 4. The van der Waals surface area contributed by atoms with Crippen LogP contribution < -0.4 is 5.32 Å². The maximum absolute atomic E-state index is 12.1. The molecule has 1 unspecified atom stereocenters. The van der Waals surface area contributed by atoms with E-state index < -0.39 is 0 Å². The van der Waals surface area contributed by atoms with Crippen molar-refractivity contribution < 1.29 is 9.90 Å². The number of amides is 1. The number of aliphatic hydroxyl groups is 1. The van der Waals surface area contributed by atoms with Crippen LogP contribution in [0.3, 0.4) is 0 Å². The minimum atomic E-state index is -0.0716. The van der Waals surface area contributed by atoms with E-state index in [0.29, 0.717) is 6.54 Å². The fraction of sp³-hybridized carbons (Fsp3) is 0.900. The van der Waals surface area contributed by atoms with Gasteiger partial charge in [0.2, 0.25) is 5.91 Å². The molecule has 1 heterocycles. The molecule has 1 fully saturated rings. The van der Waals surface area contributed by atoms with Crippen LogP contribution in [0, 0.1) is 0 Å². The van der Waals surface area contributed by atoms with Crippen molar-refractivity contribution in [3.8, 4) is 0 Å². The molecule has 2 N–H and O–H groups in total. The van der Waals surface area contributed by atoms with Crippen molar-refractivity contribution in [3.63, 3.8) is 0 Å². The van der Waals surface area contributed by atoms with E-state index in [1.165, 1.54) is 0 Å². The van der Waals surface area contributed by atoms with Crippen LogP contribution in [0.4, 0.5) is 0 Å². The summed E-state index contributed by atoms with van der Waals surface area (Å²) in [6.45, 7) is 5.31. The molecule has 1 aliphatic heterocycles. The van der Waals surface area contributed by atoms with Gasteiger partial charge in [-0.2, -0.15) is 11.8 Å². The zero-order valence-corrected chi connectivity index (χ0v) is 10.2. The molecule has 4 nitrogen and oxygen atoms in total. The van der Waals surface area contributed by atoms with Crippen molar-refractivity contribution in [1.82, 2.24) is 10.2 Å². The summed E-state index contributed by atoms with van der Waals surface area (Å²) in [5, 5.41) is 12.1. The number of thioether (sulfide) groups is 1. The Morgan fingerprint density at radius 2 is 2.40 bits per heavy atom. The number of rotatable bonds is 4. The second kappa shape index (κ2) is 6.35. The van der Waals surface area contributed by atoms with E-state index in [0.717, 1.165) is 18.1 Å². The summed E-state index contributed by atoms with van der Waals surface area (Å²) in [4.78, 5) is 13.8. The lowest BCUT2D eigenvalue weighted by Crippen LogP contribution is -2.53. The van der Waals surface area contributed by atoms with Crippen LogP contribution in [-0.2, 0) is 4.79 Å². The van der Waals surface area contributed by atoms with Gasteiger partial charge in [0.1, 0.15) is 0 Å². The Morgan fingerprint density at radius 1 is 1.67 bits per heavy atom. The van der Waals surface area contributed by atoms with Gasteiger partial charge >= 0.3 is 0 Å². The normalized spacial score (nSPS) is 21.7. The van der Waals surface area contributed by atoms with E-state index in [1.54, 1.807) is 16.7 Å². The number of carbonyl (C=O) groups is 1. The summed E-state index contributed by atoms with van der Waals surface area (Å²) in [7, 11) is 0. The highest BCUT2D eigenvalue weighted by Crippen LogP contribution is 2.11. The summed E-state index contributed by atoms with van der Waals surface area (Å²) < 4.78 is 0. The average molecular weight is 232 g/mol. The van der Waals surface area contributed by atoms with E-state index in [-0.39, 0.29) is 24.6 Å². The Kier molecular flexibility index (Phi) is 5.42. The molecule has 88 valence electrons. The van der Waals surface area contributed by atoms with Crippen molar-refractivity contribution >= 4 is 17.7 Å². The minimum Gasteiger partial charge on any atom is -0.395 e. The molecular weight excluding hydrogens is 212 g/mol. The third-order valence-corrected chi connectivity index (χ3v) is 3.53. The van der Waals surface area contributed by atoms with Gasteiger partial charge in [-0.25, -0.2) is 0 Å². The van der Waals surface area contributed by atoms with E-state index >= 15 is 0 Å². The fourth-order valence-electron chi connectivity index (χ4n) is 1.65. The molecule has 1 atom stereocenters. The Morgan fingerprint density at radius 3 is 2.87 bits per heavy atom. The smallest absolute Gasteiger partial charge is 0.240 e. The lowest BCUT2D eigenvalue weighted by Gasteiger charge is -2.32. The summed E-state index contributed by atoms with van der Waals surface area (Å²) in [5.74, 6) is 2.03. The maximum atomic E-state index is 12.1. The Balaban J connectivity index is 2.53. The molecule has 0 aliphatic carbocycles. The van der Waals surface area contributed by atoms with Crippen LogP contribution in [0.5, 0.6) is 0 Å². The zero-order chi connectivity index (χ0) is 11.3. The van der Waals surface area contributed by atoms with Crippen molar-refractivity contribution in [2.45, 2.75) is 25.9 Å². The topological polar surface area (TPSA) is 52.6 Å². The standard InChI is InChI=1S/C10H20N2O2S/c1-8(2)12(4-5-13)10(14)9-7-15-6-3-11-9/h8-9,11,13H,3-7H2,1-2H3. The van der Waals surface area contributed by atoms with Crippen molar-refractivity contribution in [1.29, 1.82) is 0 Å². The highest BCUT2D eigenvalue weighted by Gasteiger charge is 2.26. The van der Waals surface area contributed by atoms with Gasteiger partial charge in [0.05, 0.1) is 12.6 Å². The quantitative estimate of drug-likeness (QED) is 0.712. The molecule has 0 aromatic carbocycles. The Hall–Kier alpha value is -0.260.